The van der Waals surface area contributed by atoms with Crippen molar-refractivity contribution in [3.63, 3.8) is 0 Å². The van der Waals surface area contributed by atoms with Crippen LogP contribution in [0.2, 0.25) is 0 Å². The SMILES string of the molecule is CC1CN(CC(CS)c2ccccc2)CCC1O. The second-order valence-corrected chi connectivity index (χ2v) is 5.75. The molecule has 0 aromatic heterocycles. The van der Waals surface area contributed by atoms with Crippen LogP contribution in [0, 0.1) is 5.92 Å². The van der Waals surface area contributed by atoms with Crippen molar-refractivity contribution in [2.45, 2.75) is 25.4 Å². The quantitative estimate of drug-likeness (QED) is 0.817. The number of hydrogen-bond acceptors (Lipinski definition) is 3. The molecule has 3 atom stereocenters. The number of hydrogen-bond donors (Lipinski definition) is 2. The number of thiol groups is 1. The van der Waals surface area contributed by atoms with E-state index < -0.39 is 0 Å². The highest BCUT2D eigenvalue weighted by atomic mass is 32.1. The number of nitrogens with zero attached hydrogens (tertiary/aromatic N) is 1. The van der Waals surface area contributed by atoms with Crippen molar-refractivity contribution >= 4 is 12.6 Å². The first kappa shape index (κ1) is 13.9. The zero-order valence-corrected chi connectivity index (χ0v) is 11.9. The predicted octanol–water partition coefficient (Wildman–Crippen LogP) is 2.40. The molecule has 1 N–H and O–H groups in total. The van der Waals surface area contributed by atoms with Crippen molar-refractivity contribution in [2.24, 2.45) is 5.92 Å². The van der Waals surface area contributed by atoms with Crippen LogP contribution < -0.4 is 0 Å². The van der Waals surface area contributed by atoms with E-state index in [2.05, 4.69) is 54.8 Å². The van der Waals surface area contributed by atoms with Crippen LogP contribution in [0.4, 0.5) is 0 Å². The van der Waals surface area contributed by atoms with Crippen molar-refractivity contribution in [1.29, 1.82) is 0 Å². The summed E-state index contributed by atoms with van der Waals surface area (Å²) in [6, 6.07) is 10.6. The lowest BCUT2D eigenvalue weighted by Crippen LogP contribution is -2.43. The average molecular weight is 265 g/mol. The summed E-state index contributed by atoms with van der Waals surface area (Å²) in [7, 11) is 0. The van der Waals surface area contributed by atoms with Crippen molar-refractivity contribution < 1.29 is 5.11 Å². The van der Waals surface area contributed by atoms with E-state index in [1.807, 2.05) is 0 Å². The average Bonchev–Trinajstić information content (AvgIpc) is 2.41. The molecule has 0 aliphatic carbocycles. The molecule has 1 aromatic carbocycles. The van der Waals surface area contributed by atoms with Crippen LogP contribution in [0.15, 0.2) is 30.3 Å². The largest absolute Gasteiger partial charge is 0.393 e. The molecule has 1 fully saturated rings. The third-order valence-electron chi connectivity index (χ3n) is 3.91. The molecule has 3 heteroatoms. The van der Waals surface area contributed by atoms with E-state index >= 15 is 0 Å². The molecule has 0 radical (unpaired) electrons. The van der Waals surface area contributed by atoms with Crippen molar-refractivity contribution in [3.8, 4) is 0 Å². The zero-order valence-electron chi connectivity index (χ0n) is 11.0. The predicted molar refractivity (Wildman–Crippen MR) is 79.3 cm³/mol. The van der Waals surface area contributed by atoms with E-state index in [0.717, 1.165) is 31.8 Å². The first-order chi connectivity index (χ1) is 8.70. The Morgan fingerprint density at radius 2 is 2.11 bits per heavy atom. The molecule has 0 bridgehead atoms. The van der Waals surface area contributed by atoms with E-state index in [9.17, 15) is 5.11 Å². The number of rotatable bonds is 4. The van der Waals surface area contributed by atoms with Crippen molar-refractivity contribution in [2.75, 3.05) is 25.4 Å². The molecule has 18 heavy (non-hydrogen) atoms. The Balaban J connectivity index is 1.95. The summed E-state index contributed by atoms with van der Waals surface area (Å²) in [4.78, 5) is 2.46. The molecule has 1 aromatic rings. The molecular weight excluding hydrogens is 242 g/mol. The van der Waals surface area contributed by atoms with Crippen molar-refractivity contribution in [1.82, 2.24) is 4.90 Å². The summed E-state index contributed by atoms with van der Waals surface area (Å²) in [6.07, 6.45) is 0.780. The smallest absolute Gasteiger partial charge is 0.0590 e. The first-order valence-corrected chi connectivity index (χ1v) is 7.40. The van der Waals surface area contributed by atoms with Crippen molar-refractivity contribution in [3.05, 3.63) is 35.9 Å². The molecule has 1 heterocycles. The van der Waals surface area contributed by atoms with Gasteiger partial charge in [-0.3, -0.25) is 0 Å². The Morgan fingerprint density at radius 1 is 1.39 bits per heavy atom. The molecule has 0 amide bonds. The van der Waals surface area contributed by atoms with Gasteiger partial charge in [0.05, 0.1) is 6.10 Å². The van der Waals surface area contributed by atoms with Gasteiger partial charge in [0.1, 0.15) is 0 Å². The van der Waals surface area contributed by atoms with Crippen LogP contribution in [-0.2, 0) is 0 Å². The monoisotopic (exact) mass is 265 g/mol. The number of likely N-dealkylation sites (tertiary alicyclic amines) is 1. The molecule has 1 aliphatic rings. The van der Waals surface area contributed by atoms with Crippen LogP contribution in [0.25, 0.3) is 0 Å². The van der Waals surface area contributed by atoms with Gasteiger partial charge in [-0.1, -0.05) is 37.3 Å². The van der Waals surface area contributed by atoms with Crippen LogP contribution >= 0.6 is 12.6 Å². The Labute approximate surface area is 115 Å². The molecule has 1 aliphatic heterocycles. The molecule has 3 unspecified atom stereocenters. The highest BCUT2D eigenvalue weighted by Crippen LogP contribution is 2.22. The lowest BCUT2D eigenvalue weighted by molar-refractivity contribution is 0.0335. The molecule has 0 spiro atoms. The Kier molecular flexibility index (Phi) is 5.10. The van der Waals surface area contributed by atoms with E-state index in [4.69, 9.17) is 0 Å². The topological polar surface area (TPSA) is 23.5 Å². The van der Waals surface area contributed by atoms with Crippen LogP contribution in [0.3, 0.4) is 0 Å². The van der Waals surface area contributed by atoms with Gasteiger partial charge in [0, 0.05) is 25.6 Å². The van der Waals surface area contributed by atoms with Gasteiger partial charge in [-0.15, -0.1) is 0 Å². The summed E-state index contributed by atoms with van der Waals surface area (Å²) >= 11 is 4.49. The van der Waals surface area contributed by atoms with Gasteiger partial charge >= 0.3 is 0 Å². The fourth-order valence-electron chi connectivity index (χ4n) is 2.69. The Bertz CT molecular complexity index is 357. The second kappa shape index (κ2) is 6.60. The highest BCUT2D eigenvalue weighted by Gasteiger charge is 2.25. The number of aliphatic hydroxyl groups is 1. The van der Waals surface area contributed by atoms with Gasteiger partial charge in [-0.25, -0.2) is 0 Å². The van der Waals surface area contributed by atoms with E-state index in [0.29, 0.717) is 11.8 Å². The minimum Gasteiger partial charge on any atom is -0.393 e. The third-order valence-corrected chi connectivity index (χ3v) is 4.35. The maximum absolute atomic E-state index is 9.76. The maximum Gasteiger partial charge on any atom is 0.0590 e. The third kappa shape index (κ3) is 3.50. The highest BCUT2D eigenvalue weighted by molar-refractivity contribution is 7.80. The lowest BCUT2D eigenvalue weighted by atomic mass is 9.94. The number of benzene rings is 1. The number of piperidine rings is 1. The fraction of sp³-hybridized carbons (Fsp3) is 0.600. The molecule has 2 rings (SSSR count). The Hall–Kier alpha value is -0.510. The van der Waals surface area contributed by atoms with E-state index in [1.165, 1.54) is 5.56 Å². The summed E-state index contributed by atoms with van der Waals surface area (Å²) in [5.41, 5.74) is 1.37. The minimum atomic E-state index is -0.118. The van der Waals surface area contributed by atoms with Crippen LogP contribution in [-0.4, -0.2) is 41.5 Å². The summed E-state index contributed by atoms with van der Waals surface area (Å²) in [5, 5.41) is 9.76. The normalized spacial score (nSPS) is 27.1. The van der Waals surface area contributed by atoms with Gasteiger partial charge in [-0.05, 0) is 23.7 Å². The van der Waals surface area contributed by atoms with Gasteiger partial charge in [0.15, 0.2) is 0 Å². The van der Waals surface area contributed by atoms with E-state index in [-0.39, 0.29) is 6.10 Å². The summed E-state index contributed by atoms with van der Waals surface area (Å²) in [6.45, 7) is 5.18. The number of aliphatic hydroxyl groups excluding tert-OH is 1. The fourth-order valence-corrected chi connectivity index (χ4v) is 3.02. The minimum absolute atomic E-state index is 0.118. The molecule has 100 valence electrons. The zero-order chi connectivity index (χ0) is 13.0. The van der Waals surface area contributed by atoms with Crippen LogP contribution in [0.5, 0.6) is 0 Å². The van der Waals surface area contributed by atoms with Gasteiger partial charge in [-0.2, -0.15) is 12.6 Å². The lowest BCUT2D eigenvalue weighted by Gasteiger charge is -2.36. The molecule has 1 saturated heterocycles. The molecule has 0 saturated carbocycles. The Morgan fingerprint density at radius 3 is 2.72 bits per heavy atom. The first-order valence-electron chi connectivity index (χ1n) is 6.77. The second-order valence-electron chi connectivity index (χ2n) is 5.38. The molecule has 2 nitrogen and oxygen atoms in total. The van der Waals surface area contributed by atoms with Gasteiger partial charge < -0.3 is 10.0 Å². The standard InChI is InChI=1S/C15H23NOS/c1-12-9-16(8-7-15(12)17)10-14(11-18)13-5-3-2-4-6-13/h2-6,12,14-15,17-18H,7-11H2,1H3. The van der Waals surface area contributed by atoms with Gasteiger partial charge in [0.2, 0.25) is 0 Å². The summed E-state index contributed by atoms with van der Waals surface area (Å²) in [5.74, 6) is 1.74. The molecular formula is C15H23NOS. The van der Waals surface area contributed by atoms with E-state index in [1.54, 1.807) is 0 Å². The van der Waals surface area contributed by atoms with Gasteiger partial charge in [0.25, 0.3) is 0 Å². The van der Waals surface area contributed by atoms with Crippen LogP contribution in [0.1, 0.15) is 24.8 Å². The summed E-state index contributed by atoms with van der Waals surface area (Å²) < 4.78 is 0. The maximum atomic E-state index is 9.76.